The van der Waals surface area contributed by atoms with Gasteiger partial charge in [0.05, 0.1) is 0 Å². The molecule has 0 aromatic heterocycles. The van der Waals surface area contributed by atoms with Crippen LogP contribution in [0.5, 0.6) is 0 Å². The van der Waals surface area contributed by atoms with Crippen LogP contribution in [0.25, 0.3) is 0 Å². The second kappa shape index (κ2) is 23.1. The van der Waals surface area contributed by atoms with E-state index in [0.29, 0.717) is 58.3 Å². The van der Waals surface area contributed by atoms with Gasteiger partial charge < -0.3 is 21.3 Å². The molecule has 2 saturated carbocycles. The number of nitrogens with one attached hydrogen (secondary N) is 4. The Hall–Kier alpha value is 0.360. The van der Waals surface area contributed by atoms with Crippen molar-refractivity contribution in [1.29, 1.82) is 0 Å². The van der Waals surface area contributed by atoms with Crippen molar-refractivity contribution in [2.75, 3.05) is 50.8 Å². The zero-order chi connectivity index (χ0) is 26.5. The van der Waals surface area contributed by atoms with Crippen LogP contribution in [0.2, 0.25) is 0 Å². The average molecular weight is 609 g/mol. The third-order valence-corrected chi connectivity index (χ3v) is 10.3. The topological polar surface area (TPSA) is 157 Å². The average Bonchev–Trinajstić information content (AvgIpc) is 2.83. The maximum absolute atomic E-state index is 10.4. The van der Waals surface area contributed by atoms with E-state index in [9.17, 15) is 16.8 Å². The van der Waals surface area contributed by atoms with E-state index in [1.807, 2.05) is 0 Å². The highest BCUT2D eigenvalue weighted by Gasteiger charge is 2.12. The molecule has 0 radical (unpaired) electrons. The number of hydrogen-bond donors (Lipinski definition) is 6. The first kappa shape index (κ1) is 37.4. The first-order valence-electron chi connectivity index (χ1n) is 13.3. The van der Waals surface area contributed by atoms with E-state index in [4.69, 9.17) is 9.11 Å². The first-order valence-corrected chi connectivity index (χ1v) is 19.2. The van der Waals surface area contributed by atoms with Crippen LogP contribution < -0.4 is 21.3 Å². The molecule has 0 aromatic carbocycles. The van der Waals surface area contributed by atoms with Crippen LogP contribution in [0, 0.1) is 0 Å². The summed E-state index contributed by atoms with van der Waals surface area (Å²) in [5.74, 6) is 0.768. The van der Waals surface area contributed by atoms with Gasteiger partial charge in [-0.05, 0) is 86.3 Å². The monoisotopic (exact) mass is 608 g/mol. The predicted molar refractivity (Wildman–Crippen MR) is 159 cm³/mol. The molecule has 6 N–H and O–H groups in total. The summed E-state index contributed by atoms with van der Waals surface area (Å²) in [4.78, 5) is 0. The lowest BCUT2D eigenvalue weighted by Gasteiger charge is -2.22. The smallest absolute Gasteiger partial charge is 0.316 e. The van der Waals surface area contributed by atoms with Gasteiger partial charge >= 0.3 is 18.3 Å². The molecule has 224 valence electrons. The molecule has 2 aliphatic rings. The molecule has 0 aromatic rings. The molecule has 2 aliphatic carbocycles. The number of hydrogen-bond acceptors (Lipinski definition) is 10. The summed E-state index contributed by atoms with van der Waals surface area (Å²) >= 11 is 0. The van der Waals surface area contributed by atoms with Gasteiger partial charge in [-0.15, -0.1) is 0 Å². The SMILES string of the molecule is C.O=S(=O)(O)SCCNCCCNC1CCCCC1.O=S(=O)(O)SCCNCCCNC1CCCCC1. The van der Waals surface area contributed by atoms with E-state index in [2.05, 4.69) is 21.3 Å². The fraction of sp³-hybridized carbons (Fsp3) is 1.00. The molecule has 0 spiro atoms. The van der Waals surface area contributed by atoms with Crippen LogP contribution in [0.15, 0.2) is 0 Å². The van der Waals surface area contributed by atoms with Gasteiger partial charge in [0.2, 0.25) is 0 Å². The maximum Gasteiger partial charge on any atom is 0.319 e. The van der Waals surface area contributed by atoms with Gasteiger partial charge in [-0.1, -0.05) is 46.0 Å². The Morgan fingerprint density at radius 2 is 0.919 bits per heavy atom. The lowest BCUT2D eigenvalue weighted by atomic mass is 9.95. The lowest BCUT2D eigenvalue weighted by Crippen LogP contribution is -2.33. The van der Waals surface area contributed by atoms with Gasteiger partial charge in [0.1, 0.15) is 0 Å². The Bertz CT molecular complexity index is 670. The summed E-state index contributed by atoms with van der Waals surface area (Å²) < 4.78 is 58.7. The van der Waals surface area contributed by atoms with Crippen molar-refractivity contribution >= 4 is 39.9 Å². The molecule has 0 aliphatic heterocycles. The Kier molecular flexibility index (Phi) is 23.3. The summed E-state index contributed by atoms with van der Waals surface area (Å²) in [5.41, 5.74) is 0. The highest BCUT2D eigenvalue weighted by molar-refractivity contribution is 8.70. The normalized spacial score (nSPS) is 17.6. The van der Waals surface area contributed by atoms with Crippen LogP contribution in [0.1, 0.15) is 84.5 Å². The van der Waals surface area contributed by atoms with Gasteiger partial charge in [-0.3, -0.25) is 9.11 Å². The van der Waals surface area contributed by atoms with E-state index in [1.54, 1.807) is 0 Å². The zero-order valence-electron chi connectivity index (χ0n) is 21.5. The van der Waals surface area contributed by atoms with E-state index >= 15 is 0 Å². The fourth-order valence-corrected chi connectivity index (χ4v) is 6.98. The van der Waals surface area contributed by atoms with Crippen molar-refractivity contribution in [3.63, 3.8) is 0 Å². The largest absolute Gasteiger partial charge is 0.319 e. The second-order valence-corrected chi connectivity index (χ2v) is 16.2. The Morgan fingerprint density at radius 3 is 1.24 bits per heavy atom. The van der Waals surface area contributed by atoms with E-state index in [0.717, 1.165) is 39.0 Å². The van der Waals surface area contributed by atoms with Crippen molar-refractivity contribution in [1.82, 2.24) is 21.3 Å². The van der Waals surface area contributed by atoms with E-state index in [-0.39, 0.29) is 7.43 Å². The molecule has 0 saturated heterocycles. The molecular weight excluding hydrogens is 557 g/mol. The van der Waals surface area contributed by atoms with E-state index < -0.39 is 18.3 Å². The first-order chi connectivity index (χ1) is 17.2. The van der Waals surface area contributed by atoms with Crippen molar-refractivity contribution in [2.45, 2.75) is 96.6 Å². The van der Waals surface area contributed by atoms with Crippen LogP contribution in [0.4, 0.5) is 0 Å². The molecule has 14 heteroatoms. The van der Waals surface area contributed by atoms with Gasteiger partial charge in [0.25, 0.3) is 0 Å². The van der Waals surface area contributed by atoms with Gasteiger partial charge in [-0.25, -0.2) is 0 Å². The lowest BCUT2D eigenvalue weighted by molar-refractivity contribution is 0.371. The molecule has 2 rings (SSSR count). The summed E-state index contributed by atoms with van der Waals surface area (Å²) in [6.45, 7) is 5.01. The minimum atomic E-state index is -3.87. The van der Waals surface area contributed by atoms with Crippen LogP contribution in [-0.2, 0) is 18.3 Å². The quantitative estimate of drug-likeness (QED) is 0.0766. The molecule has 0 heterocycles. The molecule has 0 atom stereocenters. The van der Waals surface area contributed by atoms with Crippen molar-refractivity contribution in [3.8, 4) is 0 Å². The molecule has 0 amide bonds. The fourth-order valence-electron chi connectivity index (χ4n) is 4.34. The molecule has 10 nitrogen and oxygen atoms in total. The van der Waals surface area contributed by atoms with Crippen molar-refractivity contribution < 1.29 is 25.9 Å². The molecule has 0 bridgehead atoms. The Labute approximate surface area is 233 Å². The highest BCUT2D eigenvalue weighted by atomic mass is 33.2. The standard InChI is InChI=1S/2C11H24N2O3S2.CH4/c2*14-18(15,16)17-10-9-12-7-4-8-13-11-5-2-1-3-6-11;/h2*11-13H,1-10H2,(H,14,15,16);1H4. The third-order valence-electron chi connectivity index (χ3n) is 6.16. The minimum Gasteiger partial charge on any atom is -0.316 e. The molecule has 37 heavy (non-hydrogen) atoms. The summed E-state index contributed by atoms with van der Waals surface area (Å²) in [6, 6.07) is 1.41. The predicted octanol–water partition coefficient (Wildman–Crippen LogP) is 3.48. The Morgan fingerprint density at radius 1 is 0.568 bits per heavy atom. The maximum atomic E-state index is 10.4. The van der Waals surface area contributed by atoms with Crippen molar-refractivity contribution in [2.24, 2.45) is 0 Å². The summed E-state index contributed by atoms with van der Waals surface area (Å²) in [5, 5.41) is 13.4. The van der Waals surface area contributed by atoms with Gasteiger partial charge in [0.15, 0.2) is 0 Å². The summed E-state index contributed by atoms with van der Waals surface area (Å²) in [7, 11) is -6.60. The van der Waals surface area contributed by atoms with E-state index in [1.165, 1.54) is 64.2 Å². The zero-order valence-corrected chi connectivity index (χ0v) is 24.7. The third kappa shape index (κ3) is 26.4. The molecule has 2 fully saturated rings. The number of rotatable bonds is 18. The van der Waals surface area contributed by atoms with Crippen LogP contribution >= 0.6 is 21.6 Å². The van der Waals surface area contributed by atoms with Gasteiger partial charge in [-0.2, -0.15) is 16.8 Å². The second-order valence-electron chi connectivity index (χ2n) is 9.28. The highest BCUT2D eigenvalue weighted by Crippen LogP contribution is 2.18. The minimum absolute atomic E-state index is 0. The van der Waals surface area contributed by atoms with Crippen molar-refractivity contribution in [3.05, 3.63) is 0 Å². The summed E-state index contributed by atoms with van der Waals surface area (Å²) in [6.07, 6.45) is 15.5. The molecule has 0 unspecified atom stereocenters. The van der Waals surface area contributed by atoms with Crippen LogP contribution in [-0.4, -0.2) is 88.8 Å². The van der Waals surface area contributed by atoms with Crippen LogP contribution in [0.3, 0.4) is 0 Å². The Balaban J connectivity index is 0.000000682. The molecular formula is C23H52N4O6S4. The van der Waals surface area contributed by atoms with Gasteiger partial charge in [0, 0.05) is 36.7 Å².